The fraction of sp³-hybridized carbons (Fsp3) is 0.200. The predicted molar refractivity (Wildman–Crippen MR) is 53.5 cm³/mol. The predicted octanol–water partition coefficient (Wildman–Crippen LogP) is 1.79. The summed E-state index contributed by atoms with van der Waals surface area (Å²) in [5.74, 6) is -0.0557. The molecule has 0 aromatic heterocycles. The minimum absolute atomic E-state index is 0.219. The molecule has 0 heterocycles. The number of hydrogen-bond donors (Lipinski definition) is 0. The Morgan fingerprint density at radius 1 is 1.40 bits per heavy atom. The van der Waals surface area contributed by atoms with E-state index in [0.717, 1.165) is 0 Å². The van der Waals surface area contributed by atoms with Gasteiger partial charge in [0, 0.05) is 5.02 Å². The van der Waals surface area contributed by atoms with Gasteiger partial charge in [-0.05, 0) is 24.3 Å². The SMILES string of the molecule is N#CCOC(=O)COc1ccc(Cl)cc1. The number of esters is 1. The van der Waals surface area contributed by atoms with Crippen LogP contribution in [0.5, 0.6) is 5.75 Å². The molecule has 0 aliphatic rings. The smallest absolute Gasteiger partial charge is 0.345 e. The topological polar surface area (TPSA) is 59.3 Å². The van der Waals surface area contributed by atoms with Crippen LogP contribution < -0.4 is 4.74 Å². The van der Waals surface area contributed by atoms with Crippen molar-refractivity contribution < 1.29 is 14.3 Å². The van der Waals surface area contributed by atoms with Crippen molar-refractivity contribution in [1.29, 1.82) is 5.26 Å². The number of ether oxygens (including phenoxy) is 2. The largest absolute Gasteiger partial charge is 0.482 e. The fourth-order valence-corrected chi connectivity index (χ4v) is 0.954. The number of carbonyl (C=O) groups excluding carboxylic acids is 1. The van der Waals surface area contributed by atoms with Gasteiger partial charge in [-0.15, -0.1) is 0 Å². The molecule has 5 heteroatoms. The van der Waals surface area contributed by atoms with Crippen LogP contribution in [0.25, 0.3) is 0 Å². The molecular formula is C10H8ClNO3. The molecule has 0 bridgehead atoms. The van der Waals surface area contributed by atoms with Gasteiger partial charge in [0.05, 0.1) is 0 Å². The highest BCUT2D eigenvalue weighted by molar-refractivity contribution is 6.30. The molecule has 4 nitrogen and oxygen atoms in total. The maximum atomic E-state index is 10.9. The molecule has 78 valence electrons. The van der Waals surface area contributed by atoms with Crippen molar-refractivity contribution in [3.63, 3.8) is 0 Å². The second-order valence-electron chi connectivity index (χ2n) is 2.56. The minimum atomic E-state index is -0.577. The van der Waals surface area contributed by atoms with Gasteiger partial charge in [-0.2, -0.15) is 5.26 Å². The molecule has 0 N–H and O–H groups in total. The van der Waals surface area contributed by atoms with E-state index >= 15 is 0 Å². The summed E-state index contributed by atoms with van der Waals surface area (Å²) in [5, 5.41) is 8.74. The van der Waals surface area contributed by atoms with Crippen molar-refractivity contribution in [3.05, 3.63) is 29.3 Å². The molecule has 0 aliphatic carbocycles. The number of benzene rings is 1. The second kappa shape index (κ2) is 5.89. The van der Waals surface area contributed by atoms with Gasteiger partial charge in [0.1, 0.15) is 11.8 Å². The van der Waals surface area contributed by atoms with Crippen LogP contribution in [0, 0.1) is 11.3 Å². The molecule has 1 rings (SSSR count). The van der Waals surface area contributed by atoms with Gasteiger partial charge < -0.3 is 9.47 Å². The van der Waals surface area contributed by atoms with Crippen LogP contribution in [0.2, 0.25) is 5.02 Å². The number of halogens is 1. The third-order valence-electron chi connectivity index (χ3n) is 1.47. The van der Waals surface area contributed by atoms with Crippen LogP contribution in [0.15, 0.2) is 24.3 Å². The molecular weight excluding hydrogens is 218 g/mol. The zero-order valence-corrected chi connectivity index (χ0v) is 8.53. The van der Waals surface area contributed by atoms with Crippen LogP contribution in [0.3, 0.4) is 0 Å². The number of nitrogens with zero attached hydrogens (tertiary/aromatic N) is 1. The van der Waals surface area contributed by atoms with E-state index in [1.54, 1.807) is 30.3 Å². The lowest BCUT2D eigenvalue weighted by atomic mass is 10.3. The molecule has 0 radical (unpaired) electrons. The molecule has 1 aromatic carbocycles. The third-order valence-corrected chi connectivity index (χ3v) is 1.72. The maximum Gasteiger partial charge on any atom is 0.345 e. The lowest BCUT2D eigenvalue weighted by Crippen LogP contribution is -2.14. The first-order chi connectivity index (χ1) is 7.22. The fourth-order valence-electron chi connectivity index (χ4n) is 0.828. The Hall–Kier alpha value is -1.73. The van der Waals surface area contributed by atoms with E-state index < -0.39 is 5.97 Å². The summed E-state index contributed by atoms with van der Waals surface area (Å²) in [6.07, 6.45) is 0. The van der Waals surface area contributed by atoms with E-state index in [-0.39, 0.29) is 13.2 Å². The summed E-state index contributed by atoms with van der Waals surface area (Å²) >= 11 is 5.66. The maximum absolute atomic E-state index is 10.9. The molecule has 15 heavy (non-hydrogen) atoms. The second-order valence-corrected chi connectivity index (χ2v) is 3.00. The van der Waals surface area contributed by atoms with Gasteiger partial charge in [0.15, 0.2) is 13.2 Å². The Bertz CT molecular complexity index is 369. The molecule has 0 saturated heterocycles. The molecule has 0 unspecified atom stereocenters. The molecule has 0 spiro atoms. The number of nitriles is 1. The number of carbonyl (C=O) groups is 1. The van der Waals surface area contributed by atoms with E-state index in [9.17, 15) is 4.79 Å². The molecule has 0 saturated carbocycles. The van der Waals surface area contributed by atoms with E-state index in [1.807, 2.05) is 0 Å². The van der Waals surface area contributed by atoms with Gasteiger partial charge in [0.25, 0.3) is 0 Å². The highest BCUT2D eigenvalue weighted by atomic mass is 35.5. The first kappa shape index (κ1) is 11.3. The quantitative estimate of drug-likeness (QED) is 0.733. The lowest BCUT2D eigenvalue weighted by Gasteiger charge is -2.04. The lowest BCUT2D eigenvalue weighted by molar-refractivity contribution is -0.144. The van der Waals surface area contributed by atoms with Gasteiger partial charge in [0.2, 0.25) is 0 Å². The van der Waals surface area contributed by atoms with Crippen LogP contribution in [0.1, 0.15) is 0 Å². The van der Waals surface area contributed by atoms with Crippen LogP contribution in [-0.4, -0.2) is 19.2 Å². The van der Waals surface area contributed by atoms with Gasteiger partial charge in [-0.1, -0.05) is 11.6 Å². The average Bonchev–Trinajstić information content (AvgIpc) is 2.25. The molecule has 0 aliphatic heterocycles. The standard InChI is InChI=1S/C10H8ClNO3/c11-8-1-3-9(4-2-8)15-7-10(13)14-6-5-12/h1-4H,6-7H2. The van der Waals surface area contributed by atoms with Gasteiger partial charge in [-0.25, -0.2) is 4.79 Å². The van der Waals surface area contributed by atoms with Crippen LogP contribution in [0.4, 0.5) is 0 Å². The van der Waals surface area contributed by atoms with Crippen LogP contribution in [-0.2, 0) is 9.53 Å². The van der Waals surface area contributed by atoms with Gasteiger partial charge >= 0.3 is 5.97 Å². The molecule has 1 aromatic rings. The van der Waals surface area contributed by atoms with Crippen molar-refractivity contribution in [3.8, 4) is 11.8 Å². The Morgan fingerprint density at radius 3 is 2.67 bits per heavy atom. The van der Waals surface area contributed by atoms with E-state index in [2.05, 4.69) is 4.74 Å². The highest BCUT2D eigenvalue weighted by Crippen LogP contribution is 2.15. The number of hydrogen-bond acceptors (Lipinski definition) is 4. The monoisotopic (exact) mass is 225 g/mol. The summed E-state index contributed by atoms with van der Waals surface area (Å²) < 4.78 is 9.56. The van der Waals surface area contributed by atoms with Crippen molar-refractivity contribution in [2.45, 2.75) is 0 Å². The summed E-state index contributed by atoms with van der Waals surface area (Å²) in [7, 11) is 0. The summed E-state index contributed by atoms with van der Waals surface area (Å²) in [4.78, 5) is 10.9. The minimum Gasteiger partial charge on any atom is -0.482 e. The zero-order chi connectivity index (χ0) is 11.1. The number of rotatable bonds is 4. The molecule has 0 amide bonds. The summed E-state index contributed by atoms with van der Waals surface area (Å²) in [6.45, 7) is -0.480. The van der Waals surface area contributed by atoms with Crippen molar-refractivity contribution in [1.82, 2.24) is 0 Å². The van der Waals surface area contributed by atoms with E-state index in [0.29, 0.717) is 10.8 Å². The van der Waals surface area contributed by atoms with Crippen molar-refractivity contribution >= 4 is 17.6 Å². The highest BCUT2D eigenvalue weighted by Gasteiger charge is 2.03. The molecule has 0 atom stereocenters. The zero-order valence-electron chi connectivity index (χ0n) is 7.77. The van der Waals surface area contributed by atoms with E-state index in [4.69, 9.17) is 21.6 Å². The average molecular weight is 226 g/mol. The van der Waals surface area contributed by atoms with E-state index in [1.165, 1.54) is 0 Å². The summed E-state index contributed by atoms with van der Waals surface area (Å²) in [6, 6.07) is 8.27. The van der Waals surface area contributed by atoms with Crippen molar-refractivity contribution in [2.24, 2.45) is 0 Å². The van der Waals surface area contributed by atoms with Gasteiger partial charge in [-0.3, -0.25) is 0 Å². The normalized spacial score (nSPS) is 9.07. The third kappa shape index (κ3) is 4.34. The Kier molecular flexibility index (Phi) is 4.45. The first-order valence-electron chi connectivity index (χ1n) is 4.13. The Morgan fingerprint density at radius 2 is 2.07 bits per heavy atom. The molecule has 0 fully saturated rings. The Balaban J connectivity index is 2.34. The van der Waals surface area contributed by atoms with Crippen LogP contribution >= 0.6 is 11.6 Å². The first-order valence-corrected chi connectivity index (χ1v) is 4.51. The summed E-state index contributed by atoms with van der Waals surface area (Å²) in [5.41, 5.74) is 0. The Labute approximate surface area is 92.0 Å². The van der Waals surface area contributed by atoms with Crippen molar-refractivity contribution in [2.75, 3.05) is 13.2 Å².